The van der Waals surface area contributed by atoms with E-state index in [-0.39, 0.29) is 31.1 Å². The van der Waals surface area contributed by atoms with Gasteiger partial charge in [-0.05, 0) is 116 Å². The number of esters is 3. The maximum absolute atomic E-state index is 12.9. The molecule has 0 saturated carbocycles. The number of unbranched alkanes of at least 4 members (excludes halogenated alkanes) is 30. The van der Waals surface area contributed by atoms with Crippen LogP contribution in [0.3, 0.4) is 0 Å². The third-order valence-corrected chi connectivity index (χ3v) is 13.1. The van der Waals surface area contributed by atoms with E-state index in [4.69, 9.17) is 14.2 Å². The van der Waals surface area contributed by atoms with Gasteiger partial charge in [0.25, 0.3) is 0 Å². The van der Waals surface area contributed by atoms with Gasteiger partial charge in [-0.3, -0.25) is 14.4 Å². The van der Waals surface area contributed by atoms with E-state index in [1.807, 2.05) is 0 Å². The van der Waals surface area contributed by atoms with Gasteiger partial charge in [-0.15, -0.1) is 0 Å². The Hall–Kier alpha value is -3.41. The number of allylic oxidation sites excluding steroid dienone is 14. The Bertz CT molecular complexity index is 1380. The van der Waals surface area contributed by atoms with Gasteiger partial charge in [0.05, 0.1) is 0 Å². The molecular formula is C66H114O6. The first-order valence-electron chi connectivity index (χ1n) is 30.6. The summed E-state index contributed by atoms with van der Waals surface area (Å²) in [6.07, 6.45) is 78.6. The van der Waals surface area contributed by atoms with Gasteiger partial charge in [0.15, 0.2) is 6.10 Å². The number of carbonyl (C=O) groups is 3. The fourth-order valence-corrected chi connectivity index (χ4v) is 8.52. The first-order chi connectivity index (χ1) is 35.5. The van der Waals surface area contributed by atoms with Gasteiger partial charge in [0.1, 0.15) is 13.2 Å². The number of carbonyl (C=O) groups excluding carboxylic acids is 3. The highest BCUT2D eigenvalue weighted by Gasteiger charge is 2.19. The number of hydrogen-bond acceptors (Lipinski definition) is 6. The van der Waals surface area contributed by atoms with Crippen molar-refractivity contribution in [1.29, 1.82) is 0 Å². The summed E-state index contributed by atoms with van der Waals surface area (Å²) >= 11 is 0. The normalized spacial score (nSPS) is 12.7. The van der Waals surface area contributed by atoms with Crippen molar-refractivity contribution in [3.63, 3.8) is 0 Å². The van der Waals surface area contributed by atoms with E-state index < -0.39 is 6.10 Å². The Kier molecular flexibility index (Phi) is 57.3. The first-order valence-corrected chi connectivity index (χ1v) is 30.6. The molecule has 0 amide bonds. The Morgan fingerprint density at radius 2 is 0.542 bits per heavy atom. The van der Waals surface area contributed by atoms with Gasteiger partial charge in [0.2, 0.25) is 0 Å². The van der Waals surface area contributed by atoms with E-state index >= 15 is 0 Å². The smallest absolute Gasteiger partial charge is 0.306 e. The summed E-state index contributed by atoms with van der Waals surface area (Å²) < 4.78 is 16.9. The largest absolute Gasteiger partial charge is 0.462 e. The lowest BCUT2D eigenvalue weighted by molar-refractivity contribution is -0.167. The molecule has 0 aliphatic rings. The topological polar surface area (TPSA) is 78.9 Å². The predicted molar refractivity (Wildman–Crippen MR) is 311 cm³/mol. The van der Waals surface area contributed by atoms with Gasteiger partial charge >= 0.3 is 17.9 Å². The van der Waals surface area contributed by atoms with Crippen molar-refractivity contribution < 1.29 is 28.6 Å². The molecule has 0 radical (unpaired) electrons. The summed E-state index contributed by atoms with van der Waals surface area (Å²) in [5, 5.41) is 0. The molecule has 0 aliphatic carbocycles. The van der Waals surface area contributed by atoms with Crippen LogP contribution in [0.15, 0.2) is 85.1 Å². The van der Waals surface area contributed by atoms with Crippen molar-refractivity contribution in [2.45, 2.75) is 303 Å². The van der Waals surface area contributed by atoms with Crippen molar-refractivity contribution in [2.24, 2.45) is 0 Å². The molecule has 0 rings (SSSR count). The molecule has 0 aromatic heterocycles. The lowest BCUT2D eigenvalue weighted by Crippen LogP contribution is -2.30. The first kappa shape index (κ1) is 68.6. The molecule has 0 aromatic carbocycles. The highest BCUT2D eigenvalue weighted by atomic mass is 16.6. The van der Waals surface area contributed by atoms with E-state index in [0.717, 1.165) is 103 Å². The maximum atomic E-state index is 12.9. The van der Waals surface area contributed by atoms with Crippen LogP contribution < -0.4 is 0 Å². The summed E-state index contributed by atoms with van der Waals surface area (Å²) in [4.78, 5) is 38.3. The van der Waals surface area contributed by atoms with E-state index in [0.29, 0.717) is 19.3 Å². The Labute approximate surface area is 445 Å². The van der Waals surface area contributed by atoms with Gasteiger partial charge in [0, 0.05) is 19.3 Å². The highest BCUT2D eigenvalue weighted by Crippen LogP contribution is 2.15. The van der Waals surface area contributed by atoms with E-state index in [9.17, 15) is 14.4 Å². The van der Waals surface area contributed by atoms with Crippen LogP contribution in [0, 0.1) is 0 Å². The second-order valence-electron chi connectivity index (χ2n) is 20.2. The summed E-state index contributed by atoms with van der Waals surface area (Å²) in [5.41, 5.74) is 0. The fourth-order valence-electron chi connectivity index (χ4n) is 8.52. The average Bonchev–Trinajstić information content (AvgIpc) is 3.38. The molecule has 0 aliphatic heterocycles. The van der Waals surface area contributed by atoms with Gasteiger partial charge in [-0.25, -0.2) is 0 Å². The number of rotatable bonds is 55. The van der Waals surface area contributed by atoms with Gasteiger partial charge in [-0.2, -0.15) is 0 Å². The average molecular weight is 1000 g/mol. The Morgan fingerprint density at radius 1 is 0.292 bits per heavy atom. The molecule has 1 atom stereocenters. The van der Waals surface area contributed by atoms with Crippen LogP contribution in [0.25, 0.3) is 0 Å². The molecule has 0 fully saturated rings. The van der Waals surface area contributed by atoms with Crippen molar-refractivity contribution in [2.75, 3.05) is 13.2 Å². The third kappa shape index (κ3) is 57.5. The molecule has 6 heteroatoms. The van der Waals surface area contributed by atoms with Crippen LogP contribution in [0.5, 0.6) is 0 Å². The van der Waals surface area contributed by atoms with Crippen molar-refractivity contribution in [3.8, 4) is 0 Å². The predicted octanol–water partition coefficient (Wildman–Crippen LogP) is 20.7. The Morgan fingerprint density at radius 3 is 0.875 bits per heavy atom. The minimum atomic E-state index is -0.797. The zero-order valence-electron chi connectivity index (χ0n) is 47.4. The minimum Gasteiger partial charge on any atom is -0.462 e. The summed E-state index contributed by atoms with van der Waals surface area (Å²) in [7, 11) is 0. The minimum absolute atomic E-state index is 0.0926. The monoisotopic (exact) mass is 1000 g/mol. The lowest BCUT2D eigenvalue weighted by atomic mass is 10.1. The van der Waals surface area contributed by atoms with Gasteiger partial charge < -0.3 is 14.2 Å². The van der Waals surface area contributed by atoms with Gasteiger partial charge in [-0.1, -0.05) is 247 Å². The highest BCUT2D eigenvalue weighted by molar-refractivity contribution is 5.71. The quantitative estimate of drug-likeness (QED) is 0.0261. The molecule has 0 saturated heterocycles. The second-order valence-corrected chi connectivity index (χ2v) is 20.2. The third-order valence-electron chi connectivity index (χ3n) is 13.1. The molecule has 72 heavy (non-hydrogen) atoms. The number of hydrogen-bond donors (Lipinski definition) is 0. The van der Waals surface area contributed by atoms with Crippen molar-refractivity contribution >= 4 is 17.9 Å². The Balaban J connectivity index is 4.45. The maximum Gasteiger partial charge on any atom is 0.306 e. The van der Waals surface area contributed by atoms with E-state index in [1.165, 1.54) is 154 Å². The van der Waals surface area contributed by atoms with Crippen molar-refractivity contribution in [3.05, 3.63) is 85.1 Å². The van der Waals surface area contributed by atoms with Crippen LogP contribution in [0.4, 0.5) is 0 Å². The summed E-state index contributed by atoms with van der Waals surface area (Å²) in [5.74, 6) is -0.928. The lowest BCUT2D eigenvalue weighted by Gasteiger charge is -2.18. The van der Waals surface area contributed by atoms with Crippen LogP contribution in [-0.4, -0.2) is 37.2 Å². The fraction of sp³-hybridized carbons (Fsp3) is 0.742. The molecule has 414 valence electrons. The van der Waals surface area contributed by atoms with Crippen LogP contribution in [0.2, 0.25) is 0 Å². The zero-order valence-corrected chi connectivity index (χ0v) is 47.4. The second kappa shape index (κ2) is 60.1. The standard InChI is InChI=1S/C66H114O6/c1-4-7-10-13-16-19-22-25-28-31-33-35-38-41-44-47-50-53-56-59-65(68)71-62-63(61-70-64(67)58-55-52-49-46-43-40-37-30-27-24-21-18-15-12-9-6-3)72-66(69)60-57-54-51-48-45-42-39-36-34-32-29-26-23-20-17-14-11-8-5-2/h7,10,16,19,25,28,30,32-35,37,41,44,63H,4-6,8-9,11-15,17-18,20-24,26-27,29,31,36,38-40,42-43,45-62H2,1-3H3/b10-7-,19-16-,28-25-,34-32-,35-33-,37-30-,44-41-/t63-/m1/s1. The molecule has 0 aromatic rings. The molecular weight excluding hydrogens is 889 g/mol. The van der Waals surface area contributed by atoms with E-state index in [2.05, 4.69) is 106 Å². The molecule has 0 N–H and O–H groups in total. The SMILES string of the molecule is CC/C=C\C/C=C\C/C=C\C/C=C\C/C=C\CCCCCC(=O)OC[C@@H](COC(=O)CCCCCCC/C=C\CCCCCCCCC)OC(=O)CCCCCCCCC/C=C\CCCCCCCCCC. The zero-order chi connectivity index (χ0) is 52.2. The molecule has 0 heterocycles. The van der Waals surface area contributed by atoms with Crippen LogP contribution in [-0.2, 0) is 28.6 Å². The van der Waals surface area contributed by atoms with Crippen LogP contribution in [0.1, 0.15) is 297 Å². The number of ether oxygens (including phenoxy) is 3. The molecule has 0 spiro atoms. The molecule has 6 nitrogen and oxygen atoms in total. The summed E-state index contributed by atoms with van der Waals surface area (Å²) in [6, 6.07) is 0. The van der Waals surface area contributed by atoms with Crippen molar-refractivity contribution in [1.82, 2.24) is 0 Å². The molecule has 0 unspecified atom stereocenters. The summed E-state index contributed by atoms with van der Waals surface area (Å²) in [6.45, 7) is 6.51. The van der Waals surface area contributed by atoms with E-state index in [1.54, 1.807) is 0 Å². The molecule has 0 bridgehead atoms. The van der Waals surface area contributed by atoms with Crippen LogP contribution >= 0.6 is 0 Å².